The topological polar surface area (TPSA) is 106 Å². The summed E-state index contributed by atoms with van der Waals surface area (Å²) >= 11 is 0. The van der Waals surface area contributed by atoms with Crippen molar-refractivity contribution in [1.29, 1.82) is 0 Å². The van der Waals surface area contributed by atoms with Gasteiger partial charge in [-0.25, -0.2) is 14.4 Å². The molecular weight excluding hydrogens is 449 g/mol. The summed E-state index contributed by atoms with van der Waals surface area (Å²) in [4.78, 5) is 20.9. The highest BCUT2D eigenvalue weighted by Gasteiger charge is 2.20. The van der Waals surface area contributed by atoms with Crippen molar-refractivity contribution in [2.24, 2.45) is 7.05 Å². The molecule has 35 heavy (non-hydrogen) atoms. The summed E-state index contributed by atoms with van der Waals surface area (Å²) in [6, 6.07) is 5.13. The highest BCUT2D eigenvalue weighted by molar-refractivity contribution is 6.00. The standard InChI is InChI=1S/C25H24FN7O2/c1-15-11-22(29-14-18(15)26)31-23-12-21(17(13-28-23)25(34)27-2)30-20-8-6-5-7-16(24(20)35-4)19-9-10-33(3)32-19/h8-14H,7H2,1-4H3,(H,27,34)(H2,28,29,30,31). The summed E-state index contributed by atoms with van der Waals surface area (Å²) in [5, 5.41) is 13.4. The normalized spacial score (nSPS) is 12.8. The Kier molecular flexibility index (Phi) is 6.78. The SMILES string of the molecule is CNC(=O)c1cnc(Nc2cc(C)c(F)cn2)cc1NC1=CC#CCC(c2ccn(C)n2)=C1OC. The molecule has 0 saturated carbocycles. The number of aromatic nitrogens is 4. The van der Waals surface area contributed by atoms with E-state index in [-0.39, 0.29) is 5.91 Å². The number of allylic oxidation sites excluding steroid dienone is 2. The van der Waals surface area contributed by atoms with Crippen LogP contribution in [0.5, 0.6) is 0 Å². The fraction of sp³-hybridized carbons (Fsp3) is 0.200. The molecule has 0 fully saturated rings. The zero-order valence-electron chi connectivity index (χ0n) is 19.7. The summed E-state index contributed by atoms with van der Waals surface area (Å²) in [6.07, 6.45) is 6.57. The van der Waals surface area contributed by atoms with E-state index in [0.29, 0.717) is 46.3 Å². The van der Waals surface area contributed by atoms with Crippen LogP contribution in [0.15, 0.2) is 54.3 Å². The summed E-state index contributed by atoms with van der Waals surface area (Å²) in [5.41, 5.74) is 3.35. The lowest BCUT2D eigenvalue weighted by Gasteiger charge is -2.18. The van der Waals surface area contributed by atoms with E-state index in [4.69, 9.17) is 4.74 Å². The number of aryl methyl sites for hydroxylation is 2. The van der Waals surface area contributed by atoms with E-state index < -0.39 is 5.82 Å². The van der Waals surface area contributed by atoms with Crippen molar-refractivity contribution in [1.82, 2.24) is 25.1 Å². The largest absolute Gasteiger partial charge is 0.494 e. The van der Waals surface area contributed by atoms with Gasteiger partial charge in [-0.1, -0.05) is 11.8 Å². The molecule has 3 N–H and O–H groups in total. The van der Waals surface area contributed by atoms with Crippen molar-refractivity contribution < 1.29 is 13.9 Å². The number of hydrogen-bond acceptors (Lipinski definition) is 7. The third-order valence-corrected chi connectivity index (χ3v) is 5.28. The number of carbonyl (C=O) groups excluding carboxylic acids is 1. The molecule has 3 heterocycles. The van der Waals surface area contributed by atoms with Crippen LogP contribution in [0, 0.1) is 24.6 Å². The molecule has 0 radical (unpaired) electrons. The van der Waals surface area contributed by atoms with E-state index in [1.807, 2.05) is 19.3 Å². The number of hydrogen-bond donors (Lipinski definition) is 3. The molecule has 4 rings (SSSR count). The van der Waals surface area contributed by atoms with Crippen molar-refractivity contribution in [3.63, 3.8) is 0 Å². The number of carbonyl (C=O) groups is 1. The van der Waals surface area contributed by atoms with Crippen molar-refractivity contribution in [2.45, 2.75) is 13.3 Å². The number of pyridine rings is 2. The van der Waals surface area contributed by atoms with Gasteiger partial charge >= 0.3 is 0 Å². The molecule has 1 aliphatic carbocycles. The highest BCUT2D eigenvalue weighted by Crippen LogP contribution is 2.30. The second-order valence-corrected chi connectivity index (χ2v) is 7.71. The Bertz CT molecular complexity index is 1410. The first-order chi connectivity index (χ1) is 16.9. The van der Waals surface area contributed by atoms with Crippen molar-refractivity contribution in [3.8, 4) is 11.8 Å². The first kappa shape index (κ1) is 23.5. The van der Waals surface area contributed by atoms with Crippen LogP contribution in [0.4, 0.5) is 21.7 Å². The third-order valence-electron chi connectivity index (χ3n) is 5.28. The molecule has 10 heteroatoms. The maximum Gasteiger partial charge on any atom is 0.254 e. The van der Waals surface area contributed by atoms with Crippen LogP contribution in [0.2, 0.25) is 0 Å². The molecule has 178 valence electrons. The lowest BCUT2D eigenvalue weighted by atomic mass is 10.1. The van der Waals surface area contributed by atoms with E-state index >= 15 is 0 Å². The van der Waals surface area contributed by atoms with Gasteiger partial charge in [0.05, 0.1) is 35.9 Å². The fourth-order valence-corrected chi connectivity index (χ4v) is 3.51. The Morgan fingerprint density at radius 2 is 1.97 bits per heavy atom. The molecule has 3 aromatic rings. The number of anilines is 3. The number of halogens is 1. The van der Waals surface area contributed by atoms with Gasteiger partial charge in [0.1, 0.15) is 23.2 Å². The molecule has 0 unspecified atom stereocenters. The average molecular weight is 474 g/mol. The fourth-order valence-electron chi connectivity index (χ4n) is 3.51. The van der Waals surface area contributed by atoms with Gasteiger partial charge < -0.3 is 20.7 Å². The minimum absolute atomic E-state index is 0.314. The van der Waals surface area contributed by atoms with Crippen molar-refractivity contribution in [2.75, 3.05) is 24.8 Å². The predicted octanol–water partition coefficient (Wildman–Crippen LogP) is 3.52. The van der Waals surface area contributed by atoms with Gasteiger partial charge in [-0.05, 0) is 24.6 Å². The van der Waals surface area contributed by atoms with Gasteiger partial charge in [-0.3, -0.25) is 9.48 Å². The minimum Gasteiger partial charge on any atom is -0.494 e. The van der Waals surface area contributed by atoms with Crippen LogP contribution >= 0.6 is 0 Å². The Hall–Kier alpha value is -4.65. The van der Waals surface area contributed by atoms with Crippen LogP contribution < -0.4 is 16.0 Å². The maximum absolute atomic E-state index is 13.6. The smallest absolute Gasteiger partial charge is 0.254 e. The van der Waals surface area contributed by atoms with E-state index in [1.165, 1.54) is 6.20 Å². The molecular formula is C25H24FN7O2. The quantitative estimate of drug-likeness (QED) is 0.451. The Morgan fingerprint density at radius 1 is 1.20 bits per heavy atom. The highest BCUT2D eigenvalue weighted by atomic mass is 19.1. The van der Waals surface area contributed by atoms with Crippen LogP contribution in [0.1, 0.15) is 28.0 Å². The molecule has 0 aliphatic heterocycles. The molecule has 0 saturated heterocycles. The van der Waals surface area contributed by atoms with Crippen LogP contribution in [-0.2, 0) is 11.8 Å². The number of rotatable bonds is 7. The molecule has 1 amide bonds. The lowest BCUT2D eigenvalue weighted by molar-refractivity contribution is 0.0963. The van der Waals surface area contributed by atoms with Gasteiger partial charge in [-0.15, -0.1) is 0 Å². The van der Waals surface area contributed by atoms with E-state index in [0.717, 1.165) is 17.5 Å². The Balaban J connectivity index is 1.73. The minimum atomic E-state index is -0.398. The molecule has 0 aromatic carbocycles. The second-order valence-electron chi connectivity index (χ2n) is 7.71. The van der Waals surface area contributed by atoms with Crippen LogP contribution in [0.25, 0.3) is 5.57 Å². The second kappa shape index (κ2) is 10.1. The number of ether oxygens (including phenoxy) is 1. The molecule has 0 bridgehead atoms. The number of methoxy groups -OCH3 is 1. The zero-order chi connectivity index (χ0) is 24.9. The molecule has 0 atom stereocenters. The maximum atomic E-state index is 13.6. The first-order valence-corrected chi connectivity index (χ1v) is 10.7. The summed E-state index contributed by atoms with van der Waals surface area (Å²) in [5.74, 6) is 6.76. The monoisotopic (exact) mass is 473 g/mol. The molecule has 9 nitrogen and oxygen atoms in total. The van der Waals surface area contributed by atoms with E-state index in [9.17, 15) is 9.18 Å². The molecule has 3 aromatic heterocycles. The van der Waals surface area contributed by atoms with Crippen molar-refractivity contribution >= 4 is 28.8 Å². The van der Waals surface area contributed by atoms with Gasteiger partial charge in [-0.2, -0.15) is 5.10 Å². The number of nitrogens with one attached hydrogen (secondary N) is 3. The van der Waals surface area contributed by atoms with Gasteiger partial charge in [0.2, 0.25) is 0 Å². The van der Waals surface area contributed by atoms with Crippen LogP contribution in [-0.4, -0.2) is 39.8 Å². The van der Waals surface area contributed by atoms with Gasteiger partial charge in [0.25, 0.3) is 5.91 Å². The zero-order valence-corrected chi connectivity index (χ0v) is 19.7. The lowest BCUT2D eigenvalue weighted by Crippen LogP contribution is -2.20. The van der Waals surface area contributed by atoms with Gasteiger partial charge in [0.15, 0.2) is 0 Å². The van der Waals surface area contributed by atoms with Gasteiger partial charge in [0, 0.05) is 50.6 Å². The summed E-state index contributed by atoms with van der Waals surface area (Å²) < 4.78 is 21.1. The average Bonchev–Trinajstić information content (AvgIpc) is 3.17. The Labute approximate surface area is 202 Å². The molecule has 1 aliphatic rings. The predicted molar refractivity (Wildman–Crippen MR) is 131 cm³/mol. The van der Waals surface area contributed by atoms with Crippen molar-refractivity contribution in [3.05, 3.63) is 77.0 Å². The van der Waals surface area contributed by atoms with E-state index in [1.54, 1.807) is 44.0 Å². The summed E-state index contributed by atoms with van der Waals surface area (Å²) in [7, 11) is 4.95. The number of amides is 1. The van der Waals surface area contributed by atoms with Crippen LogP contribution in [0.3, 0.4) is 0 Å². The first-order valence-electron chi connectivity index (χ1n) is 10.7. The molecule has 0 spiro atoms. The Morgan fingerprint density at radius 3 is 2.66 bits per heavy atom. The number of nitrogens with zero attached hydrogens (tertiary/aromatic N) is 4. The van der Waals surface area contributed by atoms with E-state index in [2.05, 4.69) is 42.9 Å². The third kappa shape index (κ3) is 5.14. The summed E-state index contributed by atoms with van der Waals surface area (Å²) in [6.45, 7) is 1.65.